The van der Waals surface area contributed by atoms with Crippen molar-refractivity contribution in [2.75, 3.05) is 11.1 Å². The van der Waals surface area contributed by atoms with Crippen molar-refractivity contribution in [3.63, 3.8) is 0 Å². The SMILES string of the molecule is O=C(CCCC[C@@H]1SC[C@@H]2NC(=O)N[C@@H]21)Nc1ccc(OC(F)(F)F)cc1. The number of ether oxygens (including phenoxy) is 1. The van der Waals surface area contributed by atoms with E-state index in [0.29, 0.717) is 23.8 Å². The van der Waals surface area contributed by atoms with Crippen molar-refractivity contribution >= 4 is 29.4 Å². The number of unbranched alkanes of at least 4 members (excludes halogenated alkanes) is 1. The maximum atomic E-state index is 12.1. The summed E-state index contributed by atoms with van der Waals surface area (Å²) in [7, 11) is 0. The summed E-state index contributed by atoms with van der Waals surface area (Å²) in [6.07, 6.45) is -1.92. The van der Waals surface area contributed by atoms with Gasteiger partial charge in [0.25, 0.3) is 0 Å². The van der Waals surface area contributed by atoms with Crippen LogP contribution in [0.5, 0.6) is 5.75 Å². The summed E-state index contributed by atoms with van der Waals surface area (Å²) in [6, 6.07) is 5.28. The number of rotatable bonds is 7. The molecule has 3 rings (SSSR count). The molecule has 2 saturated heterocycles. The molecule has 2 heterocycles. The van der Waals surface area contributed by atoms with E-state index < -0.39 is 6.36 Å². The van der Waals surface area contributed by atoms with E-state index in [1.165, 1.54) is 12.1 Å². The first-order valence-corrected chi connectivity index (χ1v) is 9.69. The number of hydrogen-bond acceptors (Lipinski definition) is 4. The van der Waals surface area contributed by atoms with Gasteiger partial charge in [0.05, 0.1) is 12.1 Å². The Labute approximate surface area is 158 Å². The van der Waals surface area contributed by atoms with Crippen molar-refractivity contribution in [3.05, 3.63) is 24.3 Å². The Kier molecular flexibility index (Phi) is 6.03. The highest BCUT2D eigenvalue weighted by atomic mass is 32.2. The average molecular weight is 403 g/mol. The molecule has 6 nitrogen and oxygen atoms in total. The van der Waals surface area contributed by atoms with Gasteiger partial charge in [-0.25, -0.2) is 4.79 Å². The fraction of sp³-hybridized carbons (Fsp3) is 0.529. The van der Waals surface area contributed by atoms with E-state index in [1.807, 2.05) is 11.8 Å². The van der Waals surface area contributed by atoms with E-state index in [1.54, 1.807) is 0 Å². The highest BCUT2D eigenvalue weighted by molar-refractivity contribution is 8.00. The predicted molar refractivity (Wildman–Crippen MR) is 95.7 cm³/mol. The summed E-state index contributed by atoms with van der Waals surface area (Å²) in [5.41, 5.74) is 0.420. The van der Waals surface area contributed by atoms with Gasteiger partial charge in [0.1, 0.15) is 5.75 Å². The van der Waals surface area contributed by atoms with Gasteiger partial charge in [-0.3, -0.25) is 4.79 Å². The molecule has 1 aromatic carbocycles. The zero-order valence-corrected chi connectivity index (χ0v) is 15.2. The third-order valence-corrected chi connectivity index (χ3v) is 5.96. The lowest BCUT2D eigenvalue weighted by Gasteiger charge is -2.16. The van der Waals surface area contributed by atoms with Gasteiger partial charge in [0.2, 0.25) is 5.91 Å². The van der Waals surface area contributed by atoms with Gasteiger partial charge in [0, 0.05) is 23.1 Å². The number of amides is 3. The lowest BCUT2D eigenvalue weighted by atomic mass is 10.0. The van der Waals surface area contributed by atoms with Crippen LogP contribution in [0.15, 0.2) is 24.3 Å². The quantitative estimate of drug-likeness (QED) is 0.482. The van der Waals surface area contributed by atoms with E-state index in [9.17, 15) is 22.8 Å². The van der Waals surface area contributed by atoms with Crippen LogP contribution in [0.3, 0.4) is 0 Å². The van der Waals surface area contributed by atoms with Gasteiger partial charge in [-0.15, -0.1) is 13.2 Å². The maximum absolute atomic E-state index is 12.1. The Hall–Kier alpha value is -2.10. The number of urea groups is 1. The Morgan fingerprint density at radius 1 is 1.22 bits per heavy atom. The fourth-order valence-electron chi connectivity index (χ4n) is 3.24. The molecule has 0 aliphatic carbocycles. The molecule has 0 saturated carbocycles. The topological polar surface area (TPSA) is 79.5 Å². The van der Waals surface area contributed by atoms with Crippen molar-refractivity contribution in [2.45, 2.75) is 49.4 Å². The number of fused-ring (bicyclic) bond motifs is 1. The minimum Gasteiger partial charge on any atom is -0.406 e. The lowest BCUT2D eigenvalue weighted by molar-refractivity contribution is -0.274. The van der Waals surface area contributed by atoms with Crippen LogP contribution in [0.1, 0.15) is 25.7 Å². The van der Waals surface area contributed by atoms with Crippen LogP contribution < -0.4 is 20.7 Å². The van der Waals surface area contributed by atoms with Crippen molar-refractivity contribution in [1.82, 2.24) is 10.6 Å². The van der Waals surface area contributed by atoms with Crippen LogP contribution in [0, 0.1) is 0 Å². The number of anilines is 1. The first kappa shape index (κ1) is 19.7. The van der Waals surface area contributed by atoms with Crippen LogP contribution in [0.2, 0.25) is 0 Å². The first-order valence-electron chi connectivity index (χ1n) is 8.64. The van der Waals surface area contributed by atoms with Crippen LogP contribution >= 0.6 is 11.8 Å². The molecule has 3 amide bonds. The second-order valence-electron chi connectivity index (χ2n) is 6.49. The van der Waals surface area contributed by atoms with Crippen LogP contribution in [0.4, 0.5) is 23.7 Å². The Morgan fingerprint density at radius 3 is 2.67 bits per heavy atom. The van der Waals surface area contributed by atoms with Crippen molar-refractivity contribution < 1.29 is 27.5 Å². The molecule has 0 unspecified atom stereocenters. The molecule has 0 spiro atoms. The predicted octanol–water partition coefficient (Wildman–Crippen LogP) is 3.25. The first-order chi connectivity index (χ1) is 12.8. The highest BCUT2D eigenvalue weighted by Crippen LogP contribution is 2.33. The van der Waals surface area contributed by atoms with E-state index in [0.717, 1.165) is 30.7 Å². The van der Waals surface area contributed by atoms with Gasteiger partial charge < -0.3 is 20.7 Å². The third-order valence-electron chi connectivity index (χ3n) is 4.45. The van der Waals surface area contributed by atoms with E-state index >= 15 is 0 Å². The molecule has 3 N–H and O–H groups in total. The number of hydrogen-bond donors (Lipinski definition) is 3. The molecule has 2 fully saturated rings. The van der Waals surface area contributed by atoms with Gasteiger partial charge in [-0.2, -0.15) is 11.8 Å². The zero-order chi connectivity index (χ0) is 19.4. The highest BCUT2D eigenvalue weighted by Gasteiger charge is 2.42. The summed E-state index contributed by atoms with van der Waals surface area (Å²) in [5.74, 6) is 0.386. The smallest absolute Gasteiger partial charge is 0.406 e. The van der Waals surface area contributed by atoms with Gasteiger partial charge in [-0.05, 0) is 37.1 Å². The summed E-state index contributed by atoms with van der Waals surface area (Å²) < 4.78 is 40.1. The summed E-state index contributed by atoms with van der Waals surface area (Å²) >= 11 is 1.83. The molecule has 148 valence electrons. The number of alkyl halides is 3. The van der Waals surface area contributed by atoms with Gasteiger partial charge in [-0.1, -0.05) is 6.42 Å². The van der Waals surface area contributed by atoms with E-state index in [4.69, 9.17) is 0 Å². The fourth-order valence-corrected chi connectivity index (χ4v) is 4.78. The van der Waals surface area contributed by atoms with Crippen LogP contribution in [-0.2, 0) is 4.79 Å². The van der Waals surface area contributed by atoms with Crippen molar-refractivity contribution in [2.24, 2.45) is 0 Å². The standard InChI is InChI=1S/C17H20F3N3O3S/c18-17(19,20)26-11-7-5-10(6-8-11)21-14(24)4-2-1-3-13-15-12(9-27-13)22-16(25)23-15/h5-8,12-13,15H,1-4,9H2,(H,21,24)(H2,22,23,25)/t12-,13-,15-/m0/s1. The average Bonchev–Trinajstić information content (AvgIpc) is 3.12. The summed E-state index contributed by atoms with van der Waals surface area (Å²) in [5, 5.41) is 8.84. The number of nitrogens with one attached hydrogen (secondary N) is 3. The Balaban J connectivity index is 1.34. The lowest BCUT2D eigenvalue weighted by Crippen LogP contribution is -2.36. The molecular weight excluding hydrogens is 383 g/mol. The minimum atomic E-state index is -4.74. The van der Waals surface area contributed by atoms with Gasteiger partial charge in [0.15, 0.2) is 0 Å². The molecule has 0 aromatic heterocycles. The largest absolute Gasteiger partial charge is 0.573 e. The summed E-state index contributed by atoms with van der Waals surface area (Å²) in [6.45, 7) is 0. The molecule has 2 aliphatic heterocycles. The Bertz CT molecular complexity index is 684. The maximum Gasteiger partial charge on any atom is 0.573 e. The van der Waals surface area contributed by atoms with Crippen LogP contribution in [-0.4, -0.2) is 41.4 Å². The van der Waals surface area contributed by atoms with Crippen LogP contribution in [0.25, 0.3) is 0 Å². The monoisotopic (exact) mass is 403 g/mol. The molecular formula is C17H20F3N3O3S. The van der Waals surface area contributed by atoms with E-state index in [-0.39, 0.29) is 29.8 Å². The number of carbonyl (C=O) groups excluding carboxylic acids is 2. The number of halogens is 3. The molecule has 2 aliphatic rings. The molecule has 10 heteroatoms. The molecule has 27 heavy (non-hydrogen) atoms. The zero-order valence-electron chi connectivity index (χ0n) is 14.3. The normalized spacial score (nSPS) is 24.1. The van der Waals surface area contributed by atoms with Gasteiger partial charge >= 0.3 is 12.4 Å². The molecule has 3 atom stereocenters. The van der Waals surface area contributed by atoms with Crippen molar-refractivity contribution in [1.29, 1.82) is 0 Å². The second kappa shape index (κ2) is 8.28. The molecule has 0 radical (unpaired) electrons. The number of thioether (sulfide) groups is 1. The minimum absolute atomic E-state index is 0.110. The molecule has 1 aromatic rings. The Morgan fingerprint density at radius 2 is 1.96 bits per heavy atom. The second-order valence-corrected chi connectivity index (χ2v) is 7.76. The van der Waals surface area contributed by atoms with E-state index in [2.05, 4.69) is 20.7 Å². The summed E-state index contributed by atoms with van der Waals surface area (Å²) in [4.78, 5) is 23.3. The van der Waals surface area contributed by atoms with Crippen molar-refractivity contribution in [3.8, 4) is 5.75 Å². The molecule has 0 bridgehead atoms. The number of carbonyl (C=O) groups is 2. The number of benzene rings is 1. The third kappa shape index (κ3) is 5.69.